The number of aromatic carboxylic acids is 1. The lowest BCUT2D eigenvalue weighted by Gasteiger charge is -2.32. The first-order valence-corrected chi connectivity index (χ1v) is 14.1. The third kappa shape index (κ3) is 6.45. The summed E-state index contributed by atoms with van der Waals surface area (Å²) in [6.45, 7) is 3.85. The quantitative estimate of drug-likeness (QED) is 0.269. The number of carbonyl (C=O) groups is 1. The van der Waals surface area contributed by atoms with Crippen molar-refractivity contribution in [1.29, 1.82) is 0 Å². The molecular weight excluding hydrogens is 551 g/mol. The van der Waals surface area contributed by atoms with Crippen molar-refractivity contribution in [3.05, 3.63) is 82.5 Å². The Morgan fingerprint density at radius 3 is 2.66 bits per heavy atom. The summed E-state index contributed by atoms with van der Waals surface area (Å²) in [6, 6.07) is 15.2. The number of benzene rings is 2. The molecule has 4 aromatic rings. The van der Waals surface area contributed by atoms with Crippen molar-refractivity contribution >= 4 is 28.7 Å². The number of halogens is 2. The summed E-state index contributed by atoms with van der Waals surface area (Å²) in [5.74, 6) is 0.208. The van der Waals surface area contributed by atoms with Gasteiger partial charge in [0.2, 0.25) is 0 Å². The molecule has 0 aliphatic carbocycles. The van der Waals surface area contributed by atoms with Gasteiger partial charge < -0.3 is 23.9 Å². The summed E-state index contributed by atoms with van der Waals surface area (Å²) < 4.78 is 33.6. The summed E-state index contributed by atoms with van der Waals surface area (Å²) in [5.41, 5.74) is 2.15. The fraction of sp³-hybridized carbons (Fsp3) is 0.367. The molecule has 2 aliphatic rings. The van der Waals surface area contributed by atoms with E-state index < -0.39 is 11.8 Å². The number of ether oxygens (including phenoxy) is 3. The molecule has 0 spiro atoms. The second-order valence-electron chi connectivity index (χ2n) is 10.4. The van der Waals surface area contributed by atoms with Gasteiger partial charge in [0.05, 0.1) is 19.2 Å². The van der Waals surface area contributed by atoms with Crippen LogP contribution in [0.2, 0.25) is 5.02 Å². The molecule has 1 N–H and O–H groups in total. The lowest BCUT2D eigenvalue weighted by Crippen LogP contribution is -2.39. The summed E-state index contributed by atoms with van der Waals surface area (Å²) in [5, 5.41) is 9.74. The van der Waals surface area contributed by atoms with E-state index in [4.69, 9.17) is 30.8 Å². The number of imidazole rings is 1. The monoisotopic (exact) mass is 580 g/mol. The van der Waals surface area contributed by atoms with Crippen molar-refractivity contribution in [1.82, 2.24) is 19.4 Å². The highest BCUT2D eigenvalue weighted by molar-refractivity contribution is 6.30. The minimum Gasteiger partial charge on any atom is -0.490 e. The molecular formula is C30H30ClFN4O5. The van der Waals surface area contributed by atoms with Crippen LogP contribution in [0.4, 0.5) is 4.39 Å². The van der Waals surface area contributed by atoms with Gasteiger partial charge in [-0.2, -0.15) is 0 Å². The first-order chi connectivity index (χ1) is 19.9. The molecule has 0 bridgehead atoms. The Morgan fingerprint density at radius 1 is 1.10 bits per heavy atom. The zero-order chi connectivity index (χ0) is 28.3. The van der Waals surface area contributed by atoms with Crippen LogP contribution in [0.5, 0.6) is 11.5 Å². The number of carboxylic acids is 1. The Bertz CT molecular complexity index is 1550. The second-order valence-corrected chi connectivity index (χ2v) is 10.8. The summed E-state index contributed by atoms with van der Waals surface area (Å²) in [7, 11) is 0. The van der Waals surface area contributed by atoms with Crippen LogP contribution in [0.1, 0.15) is 41.1 Å². The molecule has 2 aromatic carbocycles. The molecule has 0 amide bonds. The van der Waals surface area contributed by atoms with E-state index in [1.807, 2.05) is 28.8 Å². The Hall–Kier alpha value is -3.73. The van der Waals surface area contributed by atoms with Crippen LogP contribution in [-0.2, 0) is 24.4 Å². The number of likely N-dealkylation sites (tertiary alicyclic amines) is 1. The lowest BCUT2D eigenvalue weighted by molar-refractivity contribution is -0.0593. The molecule has 6 rings (SSSR count). The normalized spacial score (nSPS) is 17.9. The number of carboxylic acid groups (broad SMARTS) is 1. The SMILES string of the molecule is O=C(O)c1ccc2nc(CN3CCC(Oc4cccc(COc5ccc(Cl)cc5F)c4)CC3)n(C[C@@H]3CCO3)c2n1. The maximum absolute atomic E-state index is 14.0. The van der Waals surface area contributed by atoms with Crippen molar-refractivity contribution in [3.8, 4) is 11.5 Å². The number of rotatable bonds is 10. The Labute approximate surface area is 241 Å². The number of hydrogen-bond donors (Lipinski definition) is 1. The average molecular weight is 581 g/mol. The molecule has 2 aromatic heterocycles. The first kappa shape index (κ1) is 27.4. The van der Waals surface area contributed by atoms with Gasteiger partial charge in [-0.3, -0.25) is 4.90 Å². The first-order valence-electron chi connectivity index (χ1n) is 13.7. The van der Waals surface area contributed by atoms with Gasteiger partial charge in [0, 0.05) is 24.7 Å². The fourth-order valence-electron chi connectivity index (χ4n) is 5.15. The highest BCUT2D eigenvalue weighted by atomic mass is 35.5. The van der Waals surface area contributed by atoms with Gasteiger partial charge in [-0.05, 0) is 67.3 Å². The minimum absolute atomic E-state index is 0.00506. The van der Waals surface area contributed by atoms with Gasteiger partial charge in [-0.15, -0.1) is 0 Å². The smallest absolute Gasteiger partial charge is 0.354 e. The largest absolute Gasteiger partial charge is 0.490 e. The molecule has 11 heteroatoms. The predicted molar refractivity (Wildman–Crippen MR) is 150 cm³/mol. The van der Waals surface area contributed by atoms with Gasteiger partial charge >= 0.3 is 5.97 Å². The van der Waals surface area contributed by atoms with Gasteiger partial charge in [-0.1, -0.05) is 23.7 Å². The van der Waals surface area contributed by atoms with E-state index in [-0.39, 0.29) is 30.3 Å². The minimum atomic E-state index is -1.06. The lowest BCUT2D eigenvalue weighted by atomic mass is 10.1. The Balaban J connectivity index is 1.06. The second kappa shape index (κ2) is 12.0. The van der Waals surface area contributed by atoms with E-state index in [0.717, 1.165) is 56.1 Å². The van der Waals surface area contributed by atoms with E-state index in [9.17, 15) is 14.3 Å². The molecule has 1 atom stereocenters. The third-order valence-electron chi connectivity index (χ3n) is 7.46. The molecule has 2 aliphatic heterocycles. The van der Waals surface area contributed by atoms with Gasteiger partial charge in [0.1, 0.15) is 29.8 Å². The van der Waals surface area contributed by atoms with E-state index >= 15 is 0 Å². The predicted octanol–water partition coefficient (Wildman–Crippen LogP) is 5.33. The molecule has 41 heavy (non-hydrogen) atoms. The van der Waals surface area contributed by atoms with Crippen LogP contribution in [0, 0.1) is 5.82 Å². The molecule has 0 radical (unpaired) electrons. The summed E-state index contributed by atoms with van der Waals surface area (Å²) in [4.78, 5) is 23.0. The van der Waals surface area contributed by atoms with Crippen LogP contribution in [-0.4, -0.2) is 62.4 Å². The van der Waals surface area contributed by atoms with Crippen molar-refractivity contribution in [2.75, 3.05) is 19.7 Å². The molecule has 0 saturated carbocycles. The van der Waals surface area contributed by atoms with Gasteiger partial charge in [-0.25, -0.2) is 19.2 Å². The number of hydrogen-bond acceptors (Lipinski definition) is 7. The third-order valence-corrected chi connectivity index (χ3v) is 7.69. The number of pyridine rings is 1. The average Bonchev–Trinajstić information content (AvgIpc) is 3.27. The molecule has 4 heterocycles. The van der Waals surface area contributed by atoms with Gasteiger partial charge in [0.25, 0.3) is 0 Å². The number of piperidine rings is 1. The fourth-order valence-corrected chi connectivity index (χ4v) is 5.31. The van der Waals surface area contributed by atoms with Gasteiger partial charge in [0.15, 0.2) is 22.9 Å². The Morgan fingerprint density at radius 2 is 1.93 bits per heavy atom. The van der Waals surface area contributed by atoms with Crippen molar-refractivity contribution in [3.63, 3.8) is 0 Å². The molecule has 2 saturated heterocycles. The molecule has 2 fully saturated rings. The zero-order valence-corrected chi connectivity index (χ0v) is 23.1. The van der Waals surface area contributed by atoms with E-state index in [0.29, 0.717) is 29.3 Å². The standard InChI is InChI=1S/C30H30ClFN4O5/c31-20-4-7-27(24(32)15-20)40-18-19-2-1-3-22(14-19)41-21-8-11-35(12-9-21)17-28-33-25-5-6-26(30(37)38)34-29(25)36(28)16-23-10-13-39-23/h1-7,14-15,21,23H,8-13,16-18H2,(H,37,38)/t23-/m0/s1. The number of fused-ring (bicyclic) bond motifs is 1. The maximum Gasteiger partial charge on any atom is 0.354 e. The van der Waals surface area contributed by atoms with Crippen LogP contribution in [0.25, 0.3) is 11.2 Å². The summed E-state index contributed by atoms with van der Waals surface area (Å²) in [6.07, 6.45) is 2.82. The summed E-state index contributed by atoms with van der Waals surface area (Å²) >= 11 is 5.82. The maximum atomic E-state index is 14.0. The zero-order valence-electron chi connectivity index (χ0n) is 22.3. The Kier molecular flexibility index (Phi) is 8.04. The van der Waals surface area contributed by atoms with E-state index in [1.165, 1.54) is 18.2 Å². The number of aromatic nitrogens is 3. The van der Waals surface area contributed by atoms with Crippen molar-refractivity contribution in [2.24, 2.45) is 0 Å². The topological polar surface area (TPSA) is 98.9 Å². The van der Waals surface area contributed by atoms with Crippen LogP contribution in [0.15, 0.2) is 54.6 Å². The highest BCUT2D eigenvalue weighted by Crippen LogP contribution is 2.26. The highest BCUT2D eigenvalue weighted by Gasteiger charge is 2.26. The molecule has 0 unspecified atom stereocenters. The number of nitrogens with zero attached hydrogens (tertiary/aromatic N) is 4. The molecule has 9 nitrogen and oxygen atoms in total. The van der Waals surface area contributed by atoms with E-state index in [1.54, 1.807) is 12.1 Å². The van der Waals surface area contributed by atoms with Crippen LogP contribution in [0.3, 0.4) is 0 Å². The van der Waals surface area contributed by atoms with Crippen molar-refractivity contribution < 1.29 is 28.5 Å². The molecule has 214 valence electrons. The van der Waals surface area contributed by atoms with Crippen LogP contribution >= 0.6 is 11.6 Å². The van der Waals surface area contributed by atoms with Crippen molar-refractivity contribution in [2.45, 2.75) is 51.2 Å². The van der Waals surface area contributed by atoms with E-state index in [2.05, 4.69) is 9.88 Å². The van der Waals surface area contributed by atoms with Crippen LogP contribution < -0.4 is 9.47 Å².